The summed E-state index contributed by atoms with van der Waals surface area (Å²) in [5.41, 5.74) is 2.22. The number of para-hydroxylation sites is 1. The summed E-state index contributed by atoms with van der Waals surface area (Å²) in [4.78, 5) is 12.4. The van der Waals surface area contributed by atoms with E-state index in [1.165, 1.54) is 0 Å². The second kappa shape index (κ2) is 9.28. The highest BCUT2D eigenvalue weighted by molar-refractivity contribution is 7.98. The molecule has 150 valence electrons. The van der Waals surface area contributed by atoms with Crippen LogP contribution in [-0.4, -0.2) is 38.0 Å². The quantitative estimate of drug-likeness (QED) is 0.442. The van der Waals surface area contributed by atoms with Crippen molar-refractivity contribution >= 4 is 28.6 Å². The van der Waals surface area contributed by atoms with Crippen LogP contribution in [0.3, 0.4) is 0 Å². The number of nitrogens with zero attached hydrogens (tertiary/aromatic N) is 4. The number of hydrogen-bond acceptors (Lipinski definition) is 4. The van der Waals surface area contributed by atoms with Crippen LogP contribution in [0.4, 0.5) is 0 Å². The van der Waals surface area contributed by atoms with E-state index in [1.807, 2.05) is 31.6 Å². The van der Waals surface area contributed by atoms with Crippen molar-refractivity contribution in [3.05, 3.63) is 41.9 Å². The van der Waals surface area contributed by atoms with Gasteiger partial charge in [-0.05, 0) is 30.2 Å². The lowest BCUT2D eigenvalue weighted by Crippen LogP contribution is -2.26. The Morgan fingerprint density at radius 1 is 1.25 bits per heavy atom. The van der Waals surface area contributed by atoms with Crippen molar-refractivity contribution in [2.24, 2.45) is 13.0 Å². The fourth-order valence-corrected chi connectivity index (χ4v) is 4.00. The third-order valence-electron chi connectivity index (χ3n) is 4.75. The average molecular weight is 400 g/mol. The van der Waals surface area contributed by atoms with Gasteiger partial charge >= 0.3 is 0 Å². The van der Waals surface area contributed by atoms with Gasteiger partial charge in [0.1, 0.15) is 5.82 Å². The summed E-state index contributed by atoms with van der Waals surface area (Å²) in [7, 11) is 2.01. The van der Waals surface area contributed by atoms with Crippen LogP contribution in [0.1, 0.15) is 31.7 Å². The van der Waals surface area contributed by atoms with E-state index in [4.69, 9.17) is 0 Å². The largest absolute Gasteiger partial charge is 0.356 e. The third kappa shape index (κ3) is 4.76. The van der Waals surface area contributed by atoms with Gasteiger partial charge in [0, 0.05) is 43.7 Å². The summed E-state index contributed by atoms with van der Waals surface area (Å²) in [6.07, 6.45) is 6.14. The maximum Gasteiger partial charge on any atom is 0.224 e. The molecule has 0 aliphatic carbocycles. The van der Waals surface area contributed by atoms with Crippen molar-refractivity contribution in [1.29, 1.82) is 0 Å². The van der Waals surface area contributed by atoms with E-state index in [9.17, 15) is 4.79 Å². The highest BCUT2D eigenvalue weighted by atomic mass is 32.2. The molecule has 0 atom stereocenters. The molecule has 3 aromatic rings. The van der Waals surface area contributed by atoms with E-state index in [1.54, 1.807) is 11.8 Å². The molecule has 6 nitrogen and oxygen atoms in total. The summed E-state index contributed by atoms with van der Waals surface area (Å²) in [6, 6.07) is 8.18. The predicted octanol–water partition coefficient (Wildman–Crippen LogP) is 3.44. The zero-order valence-electron chi connectivity index (χ0n) is 17.1. The fraction of sp³-hybridized carbons (Fsp3) is 0.476. The number of fused-ring (bicyclic) bond motifs is 1. The van der Waals surface area contributed by atoms with E-state index >= 15 is 0 Å². The zero-order valence-corrected chi connectivity index (χ0v) is 17.9. The minimum absolute atomic E-state index is 0.0600. The monoisotopic (exact) mass is 399 g/mol. The normalized spacial score (nSPS) is 11.5. The molecule has 2 heterocycles. The summed E-state index contributed by atoms with van der Waals surface area (Å²) in [5.74, 6) is 1.60. The van der Waals surface area contributed by atoms with Crippen LogP contribution in [0.15, 0.2) is 35.6 Å². The lowest BCUT2D eigenvalue weighted by atomic mass is 10.1. The number of carbonyl (C=O) groups excluding carboxylic acids is 1. The van der Waals surface area contributed by atoms with E-state index in [2.05, 4.69) is 50.6 Å². The number of aryl methyl sites for hydroxylation is 2. The zero-order chi connectivity index (χ0) is 20.1. The van der Waals surface area contributed by atoms with Crippen molar-refractivity contribution in [3.8, 4) is 0 Å². The SMILES string of the molecule is CSc1nnc(CCCNC(=O)Cc2cn(C)c3ccccc23)n1CC(C)C. The average Bonchev–Trinajstić information content (AvgIpc) is 3.19. The molecule has 0 bridgehead atoms. The molecule has 28 heavy (non-hydrogen) atoms. The molecule has 0 saturated carbocycles. The minimum atomic E-state index is 0.0600. The Morgan fingerprint density at radius 3 is 2.79 bits per heavy atom. The van der Waals surface area contributed by atoms with Gasteiger partial charge in [-0.1, -0.05) is 43.8 Å². The van der Waals surface area contributed by atoms with Crippen molar-refractivity contribution in [1.82, 2.24) is 24.6 Å². The van der Waals surface area contributed by atoms with Crippen molar-refractivity contribution < 1.29 is 4.79 Å². The first kappa shape index (κ1) is 20.5. The Kier molecular flexibility index (Phi) is 6.78. The lowest BCUT2D eigenvalue weighted by molar-refractivity contribution is -0.120. The number of benzene rings is 1. The summed E-state index contributed by atoms with van der Waals surface area (Å²) in [5, 5.41) is 13.8. The Labute approximate surface area is 170 Å². The molecule has 0 radical (unpaired) electrons. The summed E-state index contributed by atoms with van der Waals surface area (Å²) >= 11 is 1.62. The maximum absolute atomic E-state index is 12.4. The van der Waals surface area contributed by atoms with Crippen molar-refractivity contribution in [2.75, 3.05) is 12.8 Å². The molecule has 0 aliphatic rings. The number of nitrogens with one attached hydrogen (secondary N) is 1. The van der Waals surface area contributed by atoms with Gasteiger partial charge in [-0.2, -0.15) is 0 Å². The second-order valence-electron chi connectivity index (χ2n) is 7.52. The highest BCUT2D eigenvalue weighted by Gasteiger charge is 2.13. The maximum atomic E-state index is 12.4. The fourth-order valence-electron chi connectivity index (χ4n) is 3.48. The molecule has 1 N–H and O–H groups in total. The molecular formula is C21H29N5OS. The smallest absolute Gasteiger partial charge is 0.224 e. The van der Waals surface area contributed by atoms with Crippen LogP contribution < -0.4 is 5.32 Å². The van der Waals surface area contributed by atoms with Gasteiger partial charge in [0.25, 0.3) is 0 Å². The van der Waals surface area contributed by atoms with Crippen molar-refractivity contribution in [3.63, 3.8) is 0 Å². The molecule has 7 heteroatoms. The topological polar surface area (TPSA) is 64.7 Å². The Morgan fingerprint density at radius 2 is 2.04 bits per heavy atom. The van der Waals surface area contributed by atoms with E-state index in [0.29, 0.717) is 18.9 Å². The van der Waals surface area contributed by atoms with Gasteiger partial charge in [-0.3, -0.25) is 4.79 Å². The Bertz CT molecular complexity index is 944. The van der Waals surface area contributed by atoms with Crippen LogP contribution >= 0.6 is 11.8 Å². The third-order valence-corrected chi connectivity index (χ3v) is 5.42. The first-order valence-corrected chi connectivity index (χ1v) is 11.0. The standard InChI is InChI=1S/C21H29N5OS/c1-15(2)13-26-19(23-24-21(26)28-4)10-7-11-22-20(27)12-16-14-25(3)18-9-6-5-8-17(16)18/h5-6,8-9,14-15H,7,10-13H2,1-4H3,(H,22,27). The number of aromatic nitrogens is 4. The van der Waals surface area contributed by atoms with Crippen LogP contribution in [0.2, 0.25) is 0 Å². The number of carbonyl (C=O) groups is 1. The highest BCUT2D eigenvalue weighted by Crippen LogP contribution is 2.20. The van der Waals surface area contributed by atoms with Gasteiger partial charge in [-0.25, -0.2) is 0 Å². The van der Waals surface area contributed by atoms with Crippen LogP contribution in [0.5, 0.6) is 0 Å². The van der Waals surface area contributed by atoms with E-state index in [0.717, 1.165) is 46.8 Å². The summed E-state index contributed by atoms with van der Waals surface area (Å²) < 4.78 is 4.27. The van der Waals surface area contributed by atoms with E-state index < -0.39 is 0 Å². The molecule has 0 unspecified atom stereocenters. The molecule has 3 rings (SSSR count). The van der Waals surface area contributed by atoms with Crippen LogP contribution in [-0.2, 0) is 31.2 Å². The molecule has 0 aliphatic heterocycles. The predicted molar refractivity (Wildman–Crippen MR) is 115 cm³/mol. The van der Waals surface area contributed by atoms with E-state index in [-0.39, 0.29) is 5.91 Å². The van der Waals surface area contributed by atoms with Gasteiger partial charge in [0.15, 0.2) is 5.16 Å². The second-order valence-corrected chi connectivity index (χ2v) is 8.29. The molecular weight excluding hydrogens is 370 g/mol. The number of hydrogen-bond donors (Lipinski definition) is 1. The molecule has 2 aromatic heterocycles. The Balaban J connectivity index is 1.51. The molecule has 1 amide bonds. The van der Waals surface area contributed by atoms with Gasteiger partial charge in [-0.15, -0.1) is 10.2 Å². The molecule has 0 spiro atoms. The van der Waals surface area contributed by atoms with Gasteiger partial charge in [0.2, 0.25) is 5.91 Å². The molecule has 0 saturated heterocycles. The van der Waals surface area contributed by atoms with Crippen molar-refractivity contribution in [2.45, 2.75) is 44.8 Å². The van der Waals surface area contributed by atoms with Gasteiger partial charge < -0.3 is 14.5 Å². The first-order chi connectivity index (χ1) is 13.5. The Hall–Kier alpha value is -2.28. The number of thioether (sulfide) groups is 1. The minimum Gasteiger partial charge on any atom is -0.356 e. The first-order valence-electron chi connectivity index (χ1n) is 9.75. The van der Waals surface area contributed by atoms with Crippen LogP contribution in [0.25, 0.3) is 10.9 Å². The van der Waals surface area contributed by atoms with Crippen LogP contribution in [0, 0.1) is 5.92 Å². The number of rotatable bonds is 9. The summed E-state index contributed by atoms with van der Waals surface area (Å²) in [6.45, 7) is 5.96. The number of amides is 1. The molecule has 1 aromatic carbocycles. The molecule has 0 fully saturated rings. The van der Waals surface area contributed by atoms with Gasteiger partial charge in [0.05, 0.1) is 6.42 Å². The lowest BCUT2D eigenvalue weighted by Gasteiger charge is -2.11.